The minimum atomic E-state index is 0.786. The van der Waals surface area contributed by atoms with E-state index in [1.165, 1.54) is 32.2 Å². The SMILES string of the molecule is CC.CC.CC1CC2(CCC2)CN1C. The summed E-state index contributed by atoms with van der Waals surface area (Å²) in [5.41, 5.74) is 0.786. The van der Waals surface area contributed by atoms with Crippen LogP contribution in [0.3, 0.4) is 0 Å². The van der Waals surface area contributed by atoms with Gasteiger partial charge in [0.15, 0.2) is 0 Å². The molecule has 0 radical (unpaired) electrons. The first-order chi connectivity index (χ1) is 6.72. The first kappa shape index (κ1) is 14.0. The van der Waals surface area contributed by atoms with Gasteiger partial charge in [-0.1, -0.05) is 34.1 Å². The highest BCUT2D eigenvalue weighted by Gasteiger charge is 2.44. The van der Waals surface area contributed by atoms with Crippen LogP contribution in [0.5, 0.6) is 0 Å². The van der Waals surface area contributed by atoms with Crippen molar-refractivity contribution in [2.24, 2.45) is 5.41 Å². The molecule has 1 spiro atoms. The summed E-state index contributed by atoms with van der Waals surface area (Å²) >= 11 is 0. The van der Waals surface area contributed by atoms with Gasteiger partial charge in [0.1, 0.15) is 0 Å². The third-order valence-corrected chi connectivity index (χ3v) is 3.48. The smallest absolute Gasteiger partial charge is 0.00698 e. The summed E-state index contributed by atoms with van der Waals surface area (Å²) in [4.78, 5) is 2.51. The largest absolute Gasteiger partial charge is 0.303 e. The summed E-state index contributed by atoms with van der Waals surface area (Å²) < 4.78 is 0. The van der Waals surface area contributed by atoms with Crippen LogP contribution in [-0.2, 0) is 0 Å². The molecule has 14 heavy (non-hydrogen) atoms. The maximum atomic E-state index is 2.51. The Labute approximate surface area is 90.9 Å². The molecule has 1 aliphatic carbocycles. The van der Waals surface area contributed by atoms with E-state index in [0.29, 0.717) is 0 Å². The standard InChI is InChI=1S/C9H17N.2C2H6/c1-8-6-9(4-3-5-9)7-10(8)2;2*1-2/h8H,3-7H2,1-2H3;2*1-2H3. The van der Waals surface area contributed by atoms with Crippen LogP contribution in [0.4, 0.5) is 0 Å². The fourth-order valence-corrected chi connectivity index (χ4v) is 2.57. The number of hydrogen-bond donors (Lipinski definition) is 0. The molecule has 2 aliphatic rings. The first-order valence-corrected chi connectivity index (χ1v) is 6.42. The maximum absolute atomic E-state index is 2.51. The van der Waals surface area contributed by atoms with E-state index >= 15 is 0 Å². The zero-order valence-corrected chi connectivity index (χ0v) is 11.1. The van der Waals surface area contributed by atoms with Gasteiger partial charge < -0.3 is 4.90 Å². The normalized spacial score (nSPS) is 28.3. The average molecular weight is 199 g/mol. The number of nitrogens with zero attached hydrogens (tertiary/aromatic N) is 1. The van der Waals surface area contributed by atoms with Gasteiger partial charge in [-0.2, -0.15) is 0 Å². The molecule has 1 heterocycles. The van der Waals surface area contributed by atoms with Gasteiger partial charge in [-0.05, 0) is 38.6 Å². The zero-order chi connectivity index (χ0) is 11.2. The third-order valence-electron chi connectivity index (χ3n) is 3.48. The lowest BCUT2D eigenvalue weighted by Crippen LogP contribution is -2.31. The lowest BCUT2D eigenvalue weighted by Gasteiger charge is -2.37. The molecule has 1 saturated carbocycles. The second kappa shape index (κ2) is 6.44. The fourth-order valence-electron chi connectivity index (χ4n) is 2.57. The Kier molecular flexibility index (Phi) is 6.43. The Bertz CT molecular complexity index is 126. The number of rotatable bonds is 0. The molecular formula is C13H29N. The molecule has 86 valence electrons. The minimum Gasteiger partial charge on any atom is -0.303 e. The molecule has 1 saturated heterocycles. The van der Waals surface area contributed by atoms with E-state index in [1.54, 1.807) is 0 Å². The summed E-state index contributed by atoms with van der Waals surface area (Å²) in [7, 11) is 2.26. The first-order valence-electron chi connectivity index (χ1n) is 6.42. The van der Waals surface area contributed by atoms with Gasteiger partial charge in [0.2, 0.25) is 0 Å². The molecule has 2 rings (SSSR count). The minimum absolute atomic E-state index is 0.786. The third kappa shape index (κ3) is 2.98. The van der Waals surface area contributed by atoms with Crippen LogP contribution in [0, 0.1) is 5.41 Å². The topological polar surface area (TPSA) is 3.24 Å². The van der Waals surface area contributed by atoms with Crippen LogP contribution in [0.25, 0.3) is 0 Å². The predicted octanol–water partition coefficient (Wildman–Crippen LogP) is 3.93. The molecule has 1 aliphatic heterocycles. The molecule has 1 unspecified atom stereocenters. The van der Waals surface area contributed by atoms with Gasteiger partial charge in [0.25, 0.3) is 0 Å². The Hall–Kier alpha value is -0.0400. The quantitative estimate of drug-likeness (QED) is 0.571. The van der Waals surface area contributed by atoms with Crippen molar-refractivity contribution >= 4 is 0 Å². The fraction of sp³-hybridized carbons (Fsp3) is 1.00. The summed E-state index contributed by atoms with van der Waals surface area (Å²) in [5.74, 6) is 0. The van der Waals surface area contributed by atoms with E-state index in [-0.39, 0.29) is 0 Å². The lowest BCUT2D eigenvalue weighted by molar-refractivity contribution is 0.145. The van der Waals surface area contributed by atoms with Crippen molar-refractivity contribution < 1.29 is 0 Å². The summed E-state index contributed by atoms with van der Waals surface area (Å²) in [6, 6.07) is 0.847. The Morgan fingerprint density at radius 3 is 1.71 bits per heavy atom. The Morgan fingerprint density at radius 1 is 1.07 bits per heavy atom. The molecule has 2 fully saturated rings. The molecule has 0 N–H and O–H groups in total. The molecule has 1 nitrogen and oxygen atoms in total. The molecule has 0 aromatic carbocycles. The number of likely N-dealkylation sites (tertiary alicyclic amines) is 1. The average Bonchev–Trinajstić information content (AvgIpc) is 2.50. The van der Waals surface area contributed by atoms with Gasteiger partial charge in [-0.3, -0.25) is 0 Å². The second-order valence-corrected chi connectivity index (χ2v) is 4.32. The molecule has 0 aromatic heterocycles. The van der Waals surface area contributed by atoms with Crippen molar-refractivity contribution in [3.63, 3.8) is 0 Å². The molecule has 1 atom stereocenters. The zero-order valence-electron chi connectivity index (χ0n) is 11.1. The Balaban J connectivity index is 0.000000379. The lowest BCUT2D eigenvalue weighted by atomic mass is 9.68. The molecule has 0 bridgehead atoms. The summed E-state index contributed by atoms with van der Waals surface area (Å²) in [6.45, 7) is 11.7. The number of hydrogen-bond acceptors (Lipinski definition) is 1. The van der Waals surface area contributed by atoms with E-state index in [0.717, 1.165) is 11.5 Å². The second-order valence-electron chi connectivity index (χ2n) is 4.32. The van der Waals surface area contributed by atoms with Crippen LogP contribution >= 0.6 is 0 Å². The van der Waals surface area contributed by atoms with Crippen molar-refractivity contribution in [1.29, 1.82) is 0 Å². The molecular weight excluding hydrogens is 170 g/mol. The van der Waals surface area contributed by atoms with Crippen LogP contribution in [0.1, 0.15) is 60.3 Å². The molecule has 0 aromatic rings. The van der Waals surface area contributed by atoms with Crippen molar-refractivity contribution in [2.45, 2.75) is 66.3 Å². The van der Waals surface area contributed by atoms with Crippen LogP contribution in [-0.4, -0.2) is 24.5 Å². The Morgan fingerprint density at radius 2 is 1.57 bits per heavy atom. The summed E-state index contributed by atoms with van der Waals surface area (Å²) in [6.07, 6.45) is 5.95. The van der Waals surface area contributed by atoms with Gasteiger partial charge in [-0.25, -0.2) is 0 Å². The van der Waals surface area contributed by atoms with E-state index in [2.05, 4.69) is 18.9 Å². The van der Waals surface area contributed by atoms with E-state index < -0.39 is 0 Å². The van der Waals surface area contributed by atoms with Crippen LogP contribution in [0.15, 0.2) is 0 Å². The van der Waals surface area contributed by atoms with E-state index in [4.69, 9.17) is 0 Å². The van der Waals surface area contributed by atoms with Crippen molar-refractivity contribution in [1.82, 2.24) is 4.90 Å². The highest BCUT2D eigenvalue weighted by atomic mass is 15.2. The van der Waals surface area contributed by atoms with Gasteiger partial charge in [0, 0.05) is 12.6 Å². The van der Waals surface area contributed by atoms with E-state index in [1.807, 2.05) is 27.7 Å². The van der Waals surface area contributed by atoms with Crippen molar-refractivity contribution in [3.05, 3.63) is 0 Å². The van der Waals surface area contributed by atoms with Crippen LogP contribution < -0.4 is 0 Å². The van der Waals surface area contributed by atoms with Crippen LogP contribution in [0.2, 0.25) is 0 Å². The van der Waals surface area contributed by atoms with Gasteiger partial charge in [-0.15, -0.1) is 0 Å². The van der Waals surface area contributed by atoms with Gasteiger partial charge in [0.05, 0.1) is 0 Å². The monoisotopic (exact) mass is 199 g/mol. The van der Waals surface area contributed by atoms with Crippen molar-refractivity contribution in [2.75, 3.05) is 13.6 Å². The molecule has 0 amide bonds. The van der Waals surface area contributed by atoms with E-state index in [9.17, 15) is 0 Å². The van der Waals surface area contributed by atoms with Crippen molar-refractivity contribution in [3.8, 4) is 0 Å². The predicted molar refractivity (Wildman–Crippen MR) is 65.7 cm³/mol. The molecule has 1 heteroatoms. The van der Waals surface area contributed by atoms with Gasteiger partial charge >= 0.3 is 0 Å². The highest BCUT2D eigenvalue weighted by molar-refractivity contribution is 4.97. The maximum Gasteiger partial charge on any atom is 0.00698 e. The highest BCUT2D eigenvalue weighted by Crippen LogP contribution is 2.49. The summed E-state index contributed by atoms with van der Waals surface area (Å²) in [5, 5.41) is 0.